The van der Waals surface area contributed by atoms with Crippen LogP contribution in [-0.2, 0) is 0 Å². The maximum absolute atomic E-state index is 2.38. The molecule has 62 heavy (non-hydrogen) atoms. The fourth-order valence-corrected chi connectivity index (χ4v) is 10.0. The number of hydrogen-bond acceptors (Lipinski definition) is 0. The van der Waals surface area contributed by atoms with Crippen LogP contribution in [0.2, 0.25) is 0 Å². The molecule has 0 spiro atoms. The van der Waals surface area contributed by atoms with Crippen molar-refractivity contribution < 1.29 is 0 Å². The number of rotatable bonds is 6. The fourth-order valence-electron chi connectivity index (χ4n) is 10.0. The highest BCUT2D eigenvalue weighted by Gasteiger charge is 2.23. The largest absolute Gasteiger partial charge is 0.0622 e. The van der Waals surface area contributed by atoms with Crippen LogP contribution in [0.1, 0.15) is 0 Å². The third kappa shape index (κ3) is 5.92. The monoisotopic (exact) mass is 784 g/mol. The van der Waals surface area contributed by atoms with Crippen LogP contribution < -0.4 is 0 Å². The Hall–Kier alpha value is -8.06. The van der Waals surface area contributed by atoms with Gasteiger partial charge in [0, 0.05) is 0 Å². The average Bonchev–Trinajstić information content (AvgIpc) is 3.35. The van der Waals surface area contributed by atoms with Crippen molar-refractivity contribution in [2.45, 2.75) is 0 Å². The molecule has 0 amide bonds. The van der Waals surface area contributed by atoms with Gasteiger partial charge in [0.05, 0.1) is 0 Å². The summed E-state index contributed by atoms with van der Waals surface area (Å²) in [5.74, 6) is 0. The van der Waals surface area contributed by atoms with E-state index in [0.29, 0.717) is 0 Å². The van der Waals surface area contributed by atoms with Crippen molar-refractivity contribution in [2.24, 2.45) is 0 Å². The Balaban J connectivity index is 1.09. The summed E-state index contributed by atoms with van der Waals surface area (Å²) in [6.45, 7) is 0. The molecule has 0 aliphatic rings. The maximum atomic E-state index is 2.38. The lowest BCUT2D eigenvalue weighted by Crippen LogP contribution is -1.95. The minimum absolute atomic E-state index is 1.20. The summed E-state index contributed by atoms with van der Waals surface area (Å²) in [5.41, 5.74) is 14.9. The van der Waals surface area contributed by atoms with Crippen LogP contribution >= 0.6 is 0 Å². The lowest BCUT2D eigenvalue weighted by atomic mass is 9.80. The van der Waals surface area contributed by atoms with E-state index in [4.69, 9.17) is 0 Å². The van der Waals surface area contributed by atoms with Crippen molar-refractivity contribution in [3.05, 3.63) is 243 Å². The molecule has 12 aromatic rings. The topological polar surface area (TPSA) is 0 Å². The minimum Gasteiger partial charge on any atom is -0.0622 e. The third-order valence-electron chi connectivity index (χ3n) is 12.8. The van der Waals surface area contributed by atoms with Gasteiger partial charge in [-0.25, -0.2) is 0 Å². The van der Waals surface area contributed by atoms with E-state index in [1.807, 2.05) is 0 Å². The minimum atomic E-state index is 1.20. The van der Waals surface area contributed by atoms with Crippen LogP contribution in [0.15, 0.2) is 243 Å². The van der Waals surface area contributed by atoms with Crippen LogP contribution in [0.25, 0.3) is 121 Å². The first-order chi connectivity index (χ1) is 30.8. The molecule has 0 aliphatic heterocycles. The summed E-state index contributed by atoms with van der Waals surface area (Å²) in [6, 6.07) is 89.3. The van der Waals surface area contributed by atoms with E-state index in [2.05, 4.69) is 243 Å². The molecule has 288 valence electrons. The fraction of sp³-hybridized carbons (Fsp3) is 0. The summed E-state index contributed by atoms with van der Waals surface area (Å²) < 4.78 is 0. The van der Waals surface area contributed by atoms with Gasteiger partial charge in [-0.2, -0.15) is 0 Å². The second-order valence-corrected chi connectivity index (χ2v) is 16.3. The SMILES string of the molecule is c1ccc(-c2ccc(-c3ccccc3-c3c4ccccc4c(-c4c5ccccc5c(-c5ccc6cc(-c7ccccc7)ccc6c5)c5ccccc45)c4ccccc34)cc2)cc1. The van der Waals surface area contributed by atoms with Crippen molar-refractivity contribution in [3.8, 4) is 66.8 Å². The van der Waals surface area contributed by atoms with Crippen LogP contribution in [-0.4, -0.2) is 0 Å². The molecular formula is C62H40. The lowest BCUT2D eigenvalue weighted by Gasteiger charge is -2.23. The normalized spacial score (nSPS) is 11.5. The molecule has 0 N–H and O–H groups in total. The first-order valence-corrected chi connectivity index (χ1v) is 21.5. The molecule has 0 unspecified atom stereocenters. The zero-order valence-corrected chi connectivity index (χ0v) is 34.1. The average molecular weight is 785 g/mol. The first-order valence-electron chi connectivity index (χ1n) is 21.5. The van der Waals surface area contributed by atoms with E-state index in [0.717, 1.165) is 0 Å². The van der Waals surface area contributed by atoms with E-state index in [1.165, 1.54) is 121 Å². The van der Waals surface area contributed by atoms with Crippen molar-refractivity contribution in [2.75, 3.05) is 0 Å². The van der Waals surface area contributed by atoms with Gasteiger partial charge in [0.25, 0.3) is 0 Å². The molecule has 0 aromatic heterocycles. The molecule has 0 saturated carbocycles. The van der Waals surface area contributed by atoms with Crippen molar-refractivity contribution in [3.63, 3.8) is 0 Å². The van der Waals surface area contributed by atoms with Gasteiger partial charge in [-0.1, -0.05) is 231 Å². The third-order valence-corrected chi connectivity index (χ3v) is 12.8. The highest BCUT2D eigenvalue weighted by atomic mass is 14.3. The Morgan fingerprint density at radius 3 is 0.952 bits per heavy atom. The molecule has 0 bridgehead atoms. The molecular weight excluding hydrogens is 745 g/mol. The highest BCUT2D eigenvalue weighted by Crippen LogP contribution is 2.51. The lowest BCUT2D eigenvalue weighted by molar-refractivity contribution is 1.58. The maximum Gasteiger partial charge on any atom is -0.00139 e. The Kier molecular flexibility index (Phi) is 8.61. The predicted molar refractivity (Wildman–Crippen MR) is 267 cm³/mol. The molecule has 12 aromatic carbocycles. The van der Waals surface area contributed by atoms with Crippen LogP contribution in [0.3, 0.4) is 0 Å². The molecule has 0 heteroatoms. The standard InChI is InChI=1S/C62H40/c1-3-17-41(18-4-1)43-31-33-44(34-32-43)49-21-7-8-22-50(49)60-53-25-11-15-29-57(53)62(58-30-16-12-26-54(58)60)61-55-27-13-9-23-51(55)59(52-24-10-14-28-56(52)61)48-38-37-46-39-45(35-36-47(46)40-48)42-19-5-2-6-20-42/h1-40H. The van der Waals surface area contributed by atoms with Gasteiger partial charge >= 0.3 is 0 Å². The van der Waals surface area contributed by atoms with Gasteiger partial charge in [-0.3, -0.25) is 0 Å². The van der Waals surface area contributed by atoms with Crippen LogP contribution in [0.4, 0.5) is 0 Å². The quantitative estimate of drug-likeness (QED) is 0.147. The zero-order valence-electron chi connectivity index (χ0n) is 34.1. The molecule has 0 aliphatic carbocycles. The van der Waals surface area contributed by atoms with Gasteiger partial charge in [0.1, 0.15) is 0 Å². The van der Waals surface area contributed by atoms with E-state index >= 15 is 0 Å². The predicted octanol–water partition coefficient (Wildman–Crippen LogP) is 17.5. The molecule has 0 nitrogen and oxygen atoms in total. The van der Waals surface area contributed by atoms with Gasteiger partial charge in [-0.15, -0.1) is 0 Å². The molecule has 12 rings (SSSR count). The van der Waals surface area contributed by atoms with Gasteiger partial charge in [-0.05, 0) is 133 Å². The zero-order chi connectivity index (χ0) is 41.0. The molecule has 0 fully saturated rings. The molecule has 0 radical (unpaired) electrons. The summed E-state index contributed by atoms with van der Waals surface area (Å²) >= 11 is 0. The van der Waals surface area contributed by atoms with E-state index < -0.39 is 0 Å². The van der Waals surface area contributed by atoms with Crippen LogP contribution in [0, 0.1) is 0 Å². The van der Waals surface area contributed by atoms with Crippen molar-refractivity contribution in [1.29, 1.82) is 0 Å². The number of hydrogen-bond donors (Lipinski definition) is 0. The highest BCUT2D eigenvalue weighted by molar-refractivity contribution is 6.30. The Labute approximate surface area is 361 Å². The number of benzene rings is 12. The van der Waals surface area contributed by atoms with Gasteiger partial charge in [0.2, 0.25) is 0 Å². The number of fused-ring (bicyclic) bond motifs is 5. The molecule has 0 atom stereocenters. The summed E-state index contributed by atoms with van der Waals surface area (Å²) in [4.78, 5) is 0. The summed E-state index contributed by atoms with van der Waals surface area (Å²) in [6.07, 6.45) is 0. The molecule has 0 heterocycles. The van der Waals surface area contributed by atoms with E-state index in [1.54, 1.807) is 0 Å². The Morgan fingerprint density at radius 2 is 0.468 bits per heavy atom. The van der Waals surface area contributed by atoms with Crippen molar-refractivity contribution >= 4 is 53.9 Å². The molecule has 0 saturated heterocycles. The Morgan fingerprint density at radius 1 is 0.161 bits per heavy atom. The second-order valence-electron chi connectivity index (χ2n) is 16.3. The van der Waals surface area contributed by atoms with E-state index in [9.17, 15) is 0 Å². The smallest absolute Gasteiger partial charge is 0.00139 e. The van der Waals surface area contributed by atoms with Crippen LogP contribution in [0.5, 0.6) is 0 Å². The Bertz CT molecular complexity index is 3540. The summed E-state index contributed by atoms with van der Waals surface area (Å²) in [5, 5.41) is 12.5. The second kappa shape index (κ2) is 14.9. The first kappa shape index (κ1) is 35.8. The summed E-state index contributed by atoms with van der Waals surface area (Å²) in [7, 11) is 0. The van der Waals surface area contributed by atoms with Gasteiger partial charge < -0.3 is 0 Å². The van der Waals surface area contributed by atoms with E-state index in [-0.39, 0.29) is 0 Å². The van der Waals surface area contributed by atoms with Gasteiger partial charge in [0.15, 0.2) is 0 Å². The van der Waals surface area contributed by atoms with Crippen molar-refractivity contribution in [1.82, 2.24) is 0 Å².